The molecule has 1 aliphatic rings. The van der Waals surface area contributed by atoms with Crippen LogP contribution in [0, 0.1) is 0 Å². The highest BCUT2D eigenvalue weighted by atomic mass is 16.2. The quantitative estimate of drug-likeness (QED) is 0.805. The Morgan fingerprint density at radius 1 is 1.00 bits per heavy atom. The van der Waals surface area contributed by atoms with E-state index in [0.29, 0.717) is 11.1 Å². The molecule has 0 saturated carbocycles. The second-order valence-corrected chi connectivity index (χ2v) is 6.23. The number of piperidine rings is 1. The minimum Gasteiger partial charge on any atom is -0.339 e. The lowest BCUT2D eigenvalue weighted by molar-refractivity contribution is 0.0724. The Morgan fingerprint density at radius 2 is 1.61 bits per heavy atom. The average molecular weight is 316 g/mol. The fourth-order valence-corrected chi connectivity index (χ4v) is 3.10. The Morgan fingerprint density at radius 3 is 2.22 bits per heavy atom. The zero-order chi connectivity index (χ0) is 16.7. The third-order valence-corrected chi connectivity index (χ3v) is 4.27. The number of likely N-dealkylation sites (tertiary alicyclic amines) is 1. The summed E-state index contributed by atoms with van der Waals surface area (Å²) >= 11 is 0. The molecule has 2 rings (SSSR count). The van der Waals surface area contributed by atoms with Gasteiger partial charge < -0.3 is 9.80 Å². The maximum absolute atomic E-state index is 12.7. The molecule has 1 aliphatic heterocycles. The van der Waals surface area contributed by atoms with Crippen molar-refractivity contribution in [2.45, 2.75) is 46.0 Å². The standard InChI is InChI=1S/C19H28N2O2/c1-3-11-20(12-4-2)18(22)16-9-8-10-17(15-16)19(23)21-13-6-5-7-14-21/h8-10,15H,3-7,11-14H2,1-2H3. The van der Waals surface area contributed by atoms with Gasteiger partial charge in [-0.25, -0.2) is 0 Å². The zero-order valence-electron chi connectivity index (χ0n) is 14.4. The summed E-state index contributed by atoms with van der Waals surface area (Å²) in [6, 6.07) is 7.21. The van der Waals surface area contributed by atoms with Crippen LogP contribution in [0.4, 0.5) is 0 Å². The van der Waals surface area contributed by atoms with Crippen molar-refractivity contribution < 1.29 is 9.59 Å². The highest BCUT2D eigenvalue weighted by Crippen LogP contribution is 2.15. The molecule has 1 aromatic carbocycles. The molecule has 0 spiro atoms. The summed E-state index contributed by atoms with van der Waals surface area (Å²) in [6.07, 6.45) is 5.23. The third kappa shape index (κ3) is 4.57. The van der Waals surface area contributed by atoms with E-state index in [1.807, 2.05) is 28.0 Å². The van der Waals surface area contributed by atoms with Gasteiger partial charge in [-0.15, -0.1) is 0 Å². The van der Waals surface area contributed by atoms with E-state index in [9.17, 15) is 9.59 Å². The highest BCUT2D eigenvalue weighted by Gasteiger charge is 2.20. The van der Waals surface area contributed by atoms with Crippen LogP contribution in [0.25, 0.3) is 0 Å². The van der Waals surface area contributed by atoms with Gasteiger partial charge in [0.15, 0.2) is 0 Å². The Kier molecular flexibility index (Phi) is 6.63. The number of carbonyl (C=O) groups excluding carboxylic acids is 2. The summed E-state index contributed by atoms with van der Waals surface area (Å²) in [4.78, 5) is 29.1. The van der Waals surface area contributed by atoms with E-state index >= 15 is 0 Å². The molecule has 0 radical (unpaired) electrons. The molecule has 0 atom stereocenters. The number of nitrogens with zero attached hydrogens (tertiary/aromatic N) is 2. The van der Waals surface area contributed by atoms with Crippen molar-refractivity contribution in [1.82, 2.24) is 9.80 Å². The van der Waals surface area contributed by atoms with Crippen LogP contribution in [0.1, 0.15) is 66.7 Å². The minimum atomic E-state index is 0.0296. The smallest absolute Gasteiger partial charge is 0.253 e. The number of rotatable bonds is 6. The van der Waals surface area contributed by atoms with Crippen LogP contribution in [0.3, 0.4) is 0 Å². The lowest BCUT2D eigenvalue weighted by Crippen LogP contribution is -2.36. The van der Waals surface area contributed by atoms with Gasteiger partial charge in [0.1, 0.15) is 0 Å². The maximum Gasteiger partial charge on any atom is 0.253 e. The van der Waals surface area contributed by atoms with Crippen molar-refractivity contribution in [2.24, 2.45) is 0 Å². The molecule has 0 bridgehead atoms. The minimum absolute atomic E-state index is 0.0296. The van der Waals surface area contributed by atoms with Gasteiger partial charge in [0.05, 0.1) is 0 Å². The van der Waals surface area contributed by atoms with Gasteiger partial charge in [-0.1, -0.05) is 19.9 Å². The van der Waals surface area contributed by atoms with Crippen molar-refractivity contribution in [2.75, 3.05) is 26.2 Å². The topological polar surface area (TPSA) is 40.6 Å². The summed E-state index contributed by atoms with van der Waals surface area (Å²) in [5, 5.41) is 0. The molecular formula is C19H28N2O2. The first-order valence-electron chi connectivity index (χ1n) is 8.86. The van der Waals surface area contributed by atoms with Gasteiger partial charge in [-0.05, 0) is 50.3 Å². The van der Waals surface area contributed by atoms with Crippen LogP contribution in [-0.2, 0) is 0 Å². The van der Waals surface area contributed by atoms with Crippen molar-refractivity contribution in [3.63, 3.8) is 0 Å². The van der Waals surface area contributed by atoms with Crippen molar-refractivity contribution in [3.05, 3.63) is 35.4 Å². The normalized spacial score (nSPS) is 14.6. The van der Waals surface area contributed by atoms with Crippen LogP contribution < -0.4 is 0 Å². The molecule has 23 heavy (non-hydrogen) atoms. The van der Waals surface area contributed by atoms with Gasteiger partial charge in [-0.2, -0.15) is 0 Å². The van der Waals surface area contributed by atoms with Crippen molar-refractivity contribution >= 4 is 11.8 Å². The molecule has 4 heteroatoms. The van der Waals surface area contributed by atoms with Crippen LogP contribution >= 0.6 is 0 Å². The molecular weight excluding hydrogens is 288 g/mol. The fraction of sp³-hybridized carbons (Fsp3) is 0.579. The maximum atomic E-state index is 12.7. The Bertz CT molecular complexity index is 530. The summed E-state index contributed by atoms with van der Waals surface area (Å²) in [7, 11) is 0. The van der Waals surface area contributed by atoms with Crippen molar-refractivity contribution in [3.8, 4) is 0 Å². The molecule has 1 aromatic rings. The van der Waals surface area contributed by atoms with E-state index in [2.05, 4.69) is 13.8 Å². The number of carbonyl (C=O) groups is 2. The molecule has 2 amide bonds. The number of hydrogen-bond donors (Lipinski definition) is 0. The Balaban J connectivity index is 2.14. The molecule has 1 heterocycles. The van der Waals surface area contributed by atoms with Crippen LogP contribution in [0.5, 0.6) is 0 Å². The Labute approximate surface area is 139 Å². The van der Waals surface area contributed by atoms with Gasteiger partial charge >= 0.3 is 0 Å². The van der Waals surface area contributed by atoms with Gasteiger partial charge in [0.25, 0.3) is 11.8 Å². The first-order chi connectivity index (χ1) is 11.2. The van der Waals surface area contributed by atoms with Crippen LogP contribution in [0.2, 0.25) is 0 Å². The van der Waals surface area contributed by atoms with E-state index in [1.165, 1.54) is 6.42 Å². The van der Waals surface area contributed by atoms with E-state index in [0.717, 1.165) is 51.9 Å². The van der Waals surface area contributed by atoms with Crippen LogP contribution in [0.15, 0.2) is 24.3 Å². The van der Waals surface area contributed by atoms with E-state index in [-0.39, 0.29) is 11.8 Å². The third-order valence-electron chi connectivity index (χ3n) is 4.27. The molecule has 4 nitrogen and oxygen atoms in total. The zero-order valence-corrected chi connectivity index (χ0v) is 14.4. The predicted molar refractivity (Wildman–Crippen MR) is 92.7 cm³/mol. The average Bonchev–Trinajstić information content (AvgIpc) is 2.61. The summed E-state index contributed by atoms with van der Waals surface area (Å²) in [5.41, 5.74) is 1.25. The molecule has 0 aromatic heterocycles. The lowest BCUT2D eigenvalue weighted by atomic mass is 10.1. The first-order valence-corrected chi connectivity index (χ1v) is 8.86. The molecule has 0 unspecified atom stereocenters. The summed E-state index contributed by atoms with van der Waals surface area (Å²) in [6.45, 7) is 7.33. The lowest BCUT2D eigenvalue weighted by Gasteiger charge is -2.27. The highest BCUT2D eigenvalue weighted by molar-refractivity contribution is 5.99. The molecule has 1 saturated heterocycles. The number of amides is 2. The van der Waals surface area contributed by atoms with Gasteiger partial charge in [-0.3, -0.25) is 9.59 Å². The number of benzene rings is 1. The second kappa shape index (κ2) is 8.70. The second-order valence-electron chi connectivity index (χ2n) is 6.23. The number of hydrogen-bond acceptors (Lipinski definition) is 2. The molecule has 126 valence electrons. The van der Waals surface area contributed by atoms with E-state index < -0.39 is 0 Å². The fourth-order valence-electron chi connectivity index (χ4n) is 3.10. The largest absolute Gasteiger partial charge is 0.339 e. The molecule has 1 fully saturated rings. The monoisotopic (exact) mass is 316 g/mol. The Hall–Kier alpha value is -1.84. The van der Waals surface area contributed by atoms with Crippen molar-refractivity contribution in [1.29, 1.82) is 0 Å². The van der Waals surface area contributed by atoms with Gasteiger partial charge in [0, 0.05) is 37.3 Å². The predicted octanol–water partition coefficient (Wildman–Crippen LogP) is 3.57. The first kappa shape index (κ1) is 17.5. The van der Waals surface area contributed by atoms with E-state index in [4.69, 9.17) is 0 Å². The SMILES string of the molecule is CCCN(CCC)C(=O)c1cccc(C(=O)N2CCCCC2)c1. The molecule has 0 aliphatic carbocycles. The summed E-state index contributed by atoms with van der Waals surface area (Å²) < 4.78 is 0. The van der Waals surface area contributed by atoms with Gasteiger partial charge in [0.2, 0.25) is 0 Å². The van der Waals surface area contributed by atoms with Crippen LogP contribution in [-0.4, -0.2) is 47.8 Å². The summed E-state index contributed by atoms with van der Waals surface area (Å²) in [5.74, 6) is 0.0823. The molecule has 0 N–H and O–H groups in total. The van der Waals surface area contributed by atoms with E-state index in [1.54, 1.807) is 6.07 Å².